The van der Waals surface area contributed by atoms with Gasteiger partial charge in [0.25, 0.3) is 0 Å². The van der Waals surface area contributed by atoms with Crippen LogP contribution in [0.2, 0.25) is 5.02 Å². The molecule has 0 spiro atoms. The Labute approximate surface area is 177 Å². The van der Waals surface area contributed by atoms with E-state index in [0.29, 0.717) is 18.5 Å². The van der Waals surface area contributed by atoms with E-state index in [1.807, 2.05) is 25.1 Å². The molecule has 1 aliphatic rings. The molecule has 5 nitrogen and oxygen atoms in total. The van der Waals surface area contributed by atoms with Crippen molar-refractivity contribution in [2.75, 3.05) is 18.4 Å². The molecular weight excluding hydrogens is 471 g/mol. The van der Waals surface area contributed by atoms with E-state index in [-0.39, 0.29) is 34.8 Å². The number of carbonyl (C=O) groups excluding carboxylic acids is 1. The molecule has 0 unspecified atom stereocenters. The predicted octanol–water partition coefficient (Wildman–Crippen LogP) is 4.59. The fraction of sp³-hybridized carbons (Fsp3) is 0.316. The Morgan fingerprint density at radius 2 is 1.89 bits per heavy atom. The summed E-state index contributed by atoms with van der Waals surface area (Å²) in [6, 6.07) is 9.00. The van der Waals surface area contributed by atoms with E-state index in [1.54, 1.807) is 0 Å². The van der Waals surface area contributed by atoms with Gasteiger partial charge in [-0.15, -0.1) is 0 Å². The summed E-state index contributed by atoms with van der Waals surface area (Å²) in [4.78, 5) is 12.5. The second-order valence-electron chi connectivity index (χ2n) is 6.73. The average Bonchev–Trinajstić information content (AvgIpc) is 2.66. The molecule has 0 aromatic heterocycles. The average molecular weight is 490 g/mol. The molecule has 1 saturated heterocycles. The van der Waals surface area contributed by atoms with Gasteiger partial charge in [0.15, 0.2) is 0 Å². The van der Waals surface area contributed by atoms with Crippen molar-refractivity contribution in [2.45, 2.75) is 24.7 Å². The molecule has 1 heterocycles. The number of hydrogen-bond donors (Lipinski definition) is 1. The van der Waals surface area contributed by atoms with Gasteiger partial charge in [0.1, 0.15) is 5.82 Å². The van der Waals surface area contributed by atoms with Crippen molar-refractivity contribution in [1.29, 1.82) is 0 Å². The molecule has 0 atom stereocenters. The molecule has 0 bridgehead atoms. The number of piperidine rings is 1. The number of aryl methyl sites for hydroxylation is 1. The van der Waals surface area contributed by atoms with E-state index in [9.17, 15) is 17.6 Å². The van der Waals surface area contributed by atoms with Gasteiger partial charge in [-0.05, 0) is 71.6 Å². The maximum absolute atomic E-state index is 13.3. The molecule has 0 saturated carbocycles. The lowest BCUT2D eigenvalue weighted by molar-refractivity contribution is -0.120. The summed E-state index contributed by atoms with van der Waals surface area (Å²) < 4.78 is 40.9. The molecule has 1 aliphatic heterocycles. The van der Waals surface area contributed by atoms with Gasteiger partial charge in [-0.3, -0.25) is 4.79 Å². The van der Waals surface area contributed by atoms with Crippen LogP contribution < -0.4 is 5.32 Å². The second-order valence-corrected chi connectivity index (χ2v) is 9.93. The summed E-state index contributed by atoms with van der Waals surface area (Å²) in [6.07, 6.45) is 0.812. The summed E-state index contributed by atoms with van der Waals surface area (Å²) >= 11 is 9.14. The molecule has 1 amide bonds. The van der Waals surface area contributed by atoms with Gasteiger partial charge in [0, 0.05) is 23.5 Å². The number of nitrogens with one attached hydrogen (secondary N) is 1. The molecule has 2 aromatic carbocycles. The van der Waals surface area contributed by atoms with Crippen molar-refractivity contribution < 1.29 is 17.6 Å². The van der Waals surface area contributed by atoms with Gasteiger partial charge in [-0.1, -0.05) is 17.7 Å². The number of sulfonamides is 1. The van der Waals surface area contributed by atoms with Gasteiger partial charge in [0.2, 0.25) is 15.9 Å². The zero-order valence-corrected chi connectivity index (χ0v) is 18.2. The third kappa shape index (κ3) is 4.56. The lowest BCUT2D eigenvalue weighted by Crippen LogP contribution is -2.41. The highest BCUT2D eigenvalue weighted by Crippen LogP contribution is 2.28. The summed E-state index contributed by atoms with van der Waals surface area (Å²) in [5.74, 6) is -1.08. The second kappa shape index (κ2) is 8.49. The molecule has 2 aromatic rings. The number of benzene rings is 2. The predicted molar refractivity (Wildman–Crippen MR) is 110 cm³/mol. The first-order valence-electron chi connectivity index (χ1n) is 8.70. The van der Waals surface area contributed by atoms with Gasteiger partial charge < -0.3 is 5.32 Å². The molecule has 1 fully saturated rings. The molecule has 3 rings (SSSR count). The number of amides is 1. The van der Waals surface area contributed by atoms with Crippen molar-refractivity contribution in [2.24, 2.45) is 5.92 Å². The lowest BCUT2D eigenvalue weighted by Gasteiger charge is -2.30. The molecule has 9 heteroatoms. The Morgan fingerprint density at radius 3 is 2.50 bits per heavy atom. The van der Waals surface area contributed by atoms with E-state index in [0.717, 1.165) is 22.2 Å². The van der Waals surface area contributed by atoms with Gasteiger partial charge in [0.05, 0.1) is 15.6 Å². The van der Waals surface area contributed by atoms with E-state index in [1.165, 1.54) is 10.4 Å². The largest absolute Gasteiger partial charge is 0.325 e. The summed E-state index contributed by atoms with van der Waals surface area (Å²) in [7, 11) is -3.78. The zero-order valence-electron chi connectivity index (χ0n) is 15.1. The normalized spacial score (nSPS) is 16.1. The van der Waals surface area contributed by atoms with E-state index in [2.05, 4.69) is 21.2 Å². The third-order valence-electron chi connectivity index (χ3n) is 4.74. The summed E-state index contributed by atoms with van der Waals surface area (Å²) in [5.41, 5.74) is 1.76. The topological polar surface area (TPSA) is 66.5 Å². The number of nitrogens with zero attached hydrogens (tertiary/aromatic N) is 1. The Kier molecular flexibility index (Phi) is 6.44. The number of halogens is 3. The molecule has 0 aliphatic carbocycles. The van der Waals surface area contributed by atoms with Crippen molar-refractivity contribution in [3.63, 3.8) is 0 Å². The Hall–Kier alpha value is -1.48. The van der Waals surface area contributed by atoms with Gasteiger partial charge in [-0.25, -0.2) is 12.8 Å². The molecule has 0 radical (unpaired) electrons. The van der Waals surface area contributed by atoms with Crippen molar-refractivity contribution in [3.8, 4) is 0 Å². The van der Waals surface area contributed by atoms with Crippen LogP contribution in [-0.4, -0.2) is 31.7 Å². The third-order valence-corrected chi connectivity index (χ3v) is 7.58. The highest BCUT2D eigenvalue weighted by Gasteiger charge is 2.32. The zero-order chi connectivity index (χ0) is 20.5. The van der Waals surface area contributed by atoms with Crippen molar-refractivity contribution in [3.05, 3.63) is 57.3 Å². The van der Waals surface area contributed by atoms with Crippen molar-refractivity contribution in [1.82, 2.24) is 4.31 Å². The fourth-order valence-corrected chi connectivity index (χ4v) is 5.44. The number of hydrogen-bond acceptors (Lipinski definition) is 3. The van der Waals surface area contributed by atoms with Crippen LogP contribution in [-0.2, 0) is 14.8 Å². The minimum atomic E-state index is -3.78. The Balaban J connectivity index is 1.64. The van der Waals surface area contributed by atoms with Crippen LogP contribution >= 0.6 is 27.5 Å². The standard InChI is InChI=1S/C19H19BrClFN2O3S/c1-12-2-5-18(15(20)10-12)23-19(25)13-6-8-24(9-7-13)28(26,27)14-3-4-17(22)16(21)11-14/h2-5,10-11,13H,6-9H2,1H3,(H,23,25). The van der Waals surface area contributed by atoms with Crippen LogP contribution in [0.3, 0.4) is 0 Å². The molecule has 1 N–H and O–H groups in total. The highest BCUT2D eigenvalue weighted by atomic mass is 79.9. The van der Waals surface area contributed by atoms with E-state index in [4.69, 9.17) is 11.6 Å². The fourth-order valence-electron chi connectivity index (χ4n) is 3.10. The minimum Gasteiger partial charge on any atom is -0.325 e. The van der Waals surface area contributed by atoms with Crippen LogP contribution in [0.1, 0.15) is 18.4 Å². The summed E-state index contributed by atoms with van der Waals surface area (Å²) in [6.45, 7) is 2.38. The van der Waals surface area contributed by atoms with Crippen LogP contribution in [0.15, 0.2) is 45.8 Å². The van der Waals surface area contributed by atoms with E-state index < -0.39 is 15.8 Å². The van der Waals surface area contributed by atoms with Crippen LogP contribution in [0.5, 0.6) is 0 Å². The quantitative estimate of drug-likeness (QED) is 0.683. The SMILES string of the molecule is Cc1ccc(NC(=O)C2CCN(S(=O)(=O)c3ccc(F)c(Cl)c3)CC2)c(Br)c1. The lowest BCUT2D eigenvalue weighted by atomic mass is 9.97. The maximum Gasteiger partial charge on any atom is 0.243 e. The first-order valence-corrected chi connectivity index (χ1v) is 11.3. The highest BCUT2D eigenvalue weighted by molar-refractivity contribution is 9.10. The number of anilines is 1. The first kappa shape index (κ1) is 21.2. The summed E-state index contributed by atoms with van der Waals surface area (Å²) in [5, 5.41) is 2.66. The van der Waals surface area contributed by atoms with Gasteiger partial charge in [-0.2, -0.15) is 4.31 Å². The van der Waals surface area contributed by atoms with Crippen LogP contribution in [0, 0.1) is 18.7 Å². The number of rotatable bonds is 4. The smallest absolute Gasteiger partial charge is 0.243 e. The van der Waals surface area contributed by atoms with Crippen LogP contribution in [0.4, 0.5) is 10.1 Å². The monoisotopic (exact) mass is 488 g/mol. The maximum atomic E-state index is 13.3. The van der Waals surface area contributed by atoms with Crippen molar-refractivity contribution >= 4 is 49.1 Å². The number of carbonyl (C=O) groups is 1. The Bertz CT molecular complexity index is 1010. The van der Waals surface area contributed by atoms with E-state index >= 15 is 0 Å². The molecular formula is C19H19BrClFN2O3S. The molecule has 28 heavy (non-hydrogen) atoms. The van der Waals surface area contributed by atoms with Crippen LogP contribution in [0.25, 0.3) is 0 Å². The Morgan fingerprint density at radius 1 is 1.21 bits per heavy atom. The minimum absolute atomic E-state index is 0.0506. The van der Waals surface area contributed by atoms with Gasteiger partial charge >= 0.3 is 0 Å². The molecule has 150 valence electrons. The first-order chi connectivity index (χ1) is 13.2.